The van der Waals surface area contributed by atoms with Gasteiger partial charge in [0.15, 0.2) is 0 Å². The van der Waals surface area contributed by atoms with Crippen molar-refractivity contribution in [2.45, 2.75) is 19.3 Å². The summed E-state index contributed by atoms with van der Waals surface area (Å²) in [6.07, 6.45) is 3.33. The molecule has 2 aliphatic heterocycles. The van der Waals surface area contributed by atoms with Gasteiger partial charge in [-0.05, 0) is 23.7 Å². The maximum Gasteiger partial charge on any atom is 0.220 e. The van der Waals surface area contributed by atoms with Gasteiger partial charge in [0.1, 0.15) is 0 Å². The Balaban J connectivity index is 1.70. The summed E-state index contributed by atoms with van der Waals surface area (Å²) in [4.78, 5) is 11.0. The van der Waals surface area contributed by atoms with Crippen LogP contribution in [-0.4, -0.2) is 25.5 Å². The van der Waals surface area contributed by atoms with Crippen molar-refractivity contribution in [3.63, 3.8) is 0 Å². The molecule has 0 aromatic rings. The zero-order chi connectivity index (χ0) is 8.23. The number of nitrogens with one attached hydrogen (secondary N) is 2. The Hall–Kier alpha value is -0.570. The summed E-state index contributed by atoms with van der Waals surface area (Å²) in [5.74, 6) is 0.261. The first kappa shape index (κ1) is 6.89. The van der Waals surface area contributed by atoms with E-state index in [1.165, 1.54) is 25.9 Å². The van der Waals surface area contributed by atoms with Gasteiger partial charge in [-0.25, -0.2) is 0 Å². The molecular weight excluding hydrogens is 152 g/mol. The van der Waals surface area contributed by atoms with E-state index in [1.54, 1.807) is 0 Å². The lowest BCUT2D eigenvalue weighted by Gasteiger charge is -2.59. The van der Waals surface area contributed by atoms with Gasteiger partial charge >= 0.3 is 0 Å². The summed E-state index contributed by atoms with van der Waals surface area (Å²) in [6, 6.07) is 0. The van der Waals surface area contributed by atoms with Crippen LogP contribution in [0.5, 0.6) is 0 Å². The molecule has 2 heterocycles. The predicted molar refractivity (Wildman–Crippen MR) is 44.6 cm³/mol. The van der Waals surface area contributed by atoms with Crippen molar-refractivity contribution in [3.05, 3.63) is 0 Å². The molecule has 2 N–H and O–H groups in total. The molecule has 3 aliphatic rings. The van der Waals surface area contributed by atoms with Crippen molar-refractivity contribution in [1.82, 2.24) is 10.6 Å². The van der Waals surface area contributed by atoms with Gasteiger partial charge in [-0.15, -0.1) is 0 Å². The first-order chi connectivity index (χ1) is 5.72. The highest BCUT2D eigenvalue weighted by Crippen LogP contribution is 2.59. The summed E-state index contributed by atoms with van der Waals surface area (Å²) in [6.45, 7) is 3.31. The van der Waals surface area contributed by atoms with E-state index >= 15 is 0 Å². The Morgan fingerprint density at radius 3 is 2.25 bits per heavy atom. The van der Waals surface area contributed by atoms with Crippen LogP contribution in [0.4, 0.5) is 0 Å². The molecule has 0 aromatic carbocycles. The fourth-order valence-corrected chi connectivity index (χ4v) is 3.27. The van der Waals surface area contributed by atoms with Crippen molar-refractivity contribution in [3.8, 4) is 0 Å². The topological polar surface area (TPSA) is 41.1 Å². The van der Waals surface area contributed by atoms with E-state index in [0.717, 1.165) is 13.0 Å². The largest absolute Gasteiger partial charge is 0.356 e. The monoisotopic (exact) mass is 166 g/mol. The highest BCUT2D eigenvalue weighted by atomic mass is 16.1. The van der Waals surface area contributed by atoms with Gasteiger partial charge in [-0.1, -0.05) is 0 Å². The molecule has 0 atom stereocenters. The molecular formula is C9H14N2O. The average Bonchev–Trinajstić information content (AvgIpc) is 2.23. The number of carbonyl (C=O) groups excluding carboxylic acids is 1. The fraction of sp³-hybridized carbons (Fsp3) is 0.889. The minimum absolute atomic E-state index is 0.261. The summed E-state index contributed by atoms with van der Waals surface area (Å²) in [5, 5.41) is 6.26. The maximum atomic E-state index is 11.0. The third-order valence-electron chi connectivity index (χ3n) is 3.70. The molecule has 2 spiro atoms. The van der Waals surface area contributed by atoms with E-state index in [0.29, 0.717) is 10.8 Å². The van der Waals surface area contributed by atoms with Crippen LogP contribution in [0.15, 0.2) is 0 Å². The molecule has 12 heavy (non-hydrogen) atoms. The molecule has 0 aromatic heterocycles. The third kappa shape index (κ3) is 0.724. The van der Waals surface area contributed by atoms with Crippen molar-refractivity contribution < 1.29 is 4.79 Å². The first-order valence-corrected chi connectivity index (χ1v) is 4.70. The van der Waals surface area contributed by atoms with Crippen LogP contribution in [0, 0.1) is 10.8 Å². The lowest BCUT2D eigenvalue weighted by molar-refractivity contribution is -0.122. The highest BCUT2D eigenvalue weighted by molar-refractivity contribution is 5.79. The van der Waals surface area contributed by atoms with Gasteiger partial charge in [0.05, 0.1) is 0 Å². The Bertz CT molecular complexity index is 237. The van der Waals surface area contributed by atoms with Gasteiger partial charge in [0, 0.05) is 26.1 Å². The molecule has 2 saturated heterocycles. The van der Waals surface area contributed by atoms with Crippen LogP contribution in [0.2, 0.25) is 0 Å². The molecule has 3 rings (SSSR count). The Kier molecular flexibility index (Phi) is 1.06. The van der Waals surface area contributed by atoms with Crippen molar-refractivity contribution >= 4 is 5.91 Å². The molecule has 0 radical (unpaired) electrons. The zero-order valence-corrected chi connectivity index (χ0v) is 7.15. The second-order valence-corrected chi connectivity index (χ2v) is 4.91. The van der Waals surface area contributed by atoms with Crippen LogP contribution >= 0.6 is 0 Å². The third-order valence-corrected chi connectivity index (χ3v) is 3.70. The Morgan fingerprint density at radius 1 is 1.08 bits per heavy atom. The Labute approximate surface area is 71.9 Å². The van der Waals surface area contributed by atoms with Crippen LogP contribution in [0.1, 0.15) is 19.3 Å². The number of rotatable bonds is 0. The average molecular weight is 166 g/mol. The minimum Gasteiger partial charge on any atom is -0.356 e. The van der Waals surface area contributed by atoms with Crippen LogP contribution in [0.25, 0.3) is 0 Å². The molecule has 1 aliphatic carbocycles. The molecule has 1 saturated carbocycles. The fourth-order valence-electron chi connectivity index (χ4n) is 3.27. The second-order valence-electron chi connectivity index (χ2n) is 4.91. The lowest BCUT2D eigenvalue weighted by Crippen LogP contribution is -2.64. The van der Waals surface area contributed by atoms with Crippen LogP contribution < -0.4 is 10.6 Å². The number of hydrogen-bond acceptors (Lipinski definition) is 2. The molecule has 3 nitrogen and oxygen atoms in total. The highest BCUT2D eigenvalue weighted by Gasteiger charge is 2.59. The Morgan fingerprint density at radius 2 is 1.83 bits per heavy atom. The summed E-state index contributed by atoms with van der Waals surface area (Å²) in [5.41, 5.74) is 0.978. The van der Waals surface area contributed by atoms with Crippen LogP contribution in [-0.2, 0) is 4.79 Å². The van der Waals surface area contributed by atoms with E-state index in [2.05, 4.69) is 10.6 Å². The molecule has 3 heteroatoms. The molecule has 66 valence electrons. The van der Waals surface area contributed by atoms with E-state index in [-0.39, 0.29) is 5.91 Å². The van der Waals surface area contributed by atoms with Gasteiger partial charge in [-0.2, -0.15) is 0 Å². The van der Waals surface area contributed by atoms with Gasteiger partial charge in [0.2, 0.25) is 5.91 Å². The normalized spacial score (nSPS) is 34.5. The molecule has 0 unspecified atom stereocenters. The summed E-state index contributed by atoms with van der Waals surface area (Å²) < 4.78 is 0. The SMILES string of the molecule is O=C1CC2(CN1)CC1(CNC1)C2. The van der Waals surface area contributed by atoms with E-state index in [1.807, 2.05) is 0 Å². The first-order valence-electron chi connectivity index (χ1n) is 4.70. The van der Waals surface area contributed by atoms with Crippen molar-refractivity contribution in [2.75, 3.05) is 19.6 Å². The van der Waals surface area contributed by atoms with E-state index in [9.17, 15) is 4.79 Å². The second kappa shape index (κ2) is 1.84. The zero-order valence-electron chi connectivity index (χ0n) is 7.15. The number of amides is 1. The predicted octanol–water partition coefficient (Wildman–Crippen LogP) is -0.124. The van der Waals surface area contributed by atoms with E-state index in [4.69, 9.17) is 0 Å². The quantitative estimate of drug-likeness (QED) is 0.526. The summed E-state index contributed by atoms with van der Waals surface area (Å²) >= 11 is 0. The number of carbonyl (C=O) groups is 1. The minimum atomic E-state index is 0.261. The van der Waals surface area contributed by atoms with Crippen LogP contribution in [0.3, 0.4) is 0 Å². The molecule has 0 bridgehead atoms. The van der Waals surface area contributed by atoms with E-state index < -0.39 is 0 Å². The van der Waals surface area contributed by atoms with Crippen molar-refractivity contribution in [1.29, 1.82) is 0 Å². The van der Waals surface area contributed by atoms with Gasteiger partial charge in [0.25, 0.3) is 0 Å². The van der Waals surface area contributed by atoms with Gasteiger partial charge < -0.3 is 10.6 Å². The molecule has 3 fully saturated rings. The van der Waals surface area contributed by atoms with Crippen molar-refractivity contribution in [2.24, 2.45) is 10.8 Å². The standard InChI is InChI=1S/C9H14N2O/c12-7-1-8(6-11-7)2-9(3-8)4-10-5-9/h10H,1-6H2,(H,11,12). The lowest BCUT2D eigenvalue weighted by atomic mass is 9.50. The number of hydrogen-bond donors (Lipinski definition) is 2. The molecule has 1 amide bonds. The smallest absolute Gasteiger partial charge is 0.220 e. The maximum absolute atomic E-state index is 11.0. The van der Waals surface area contributed by atoms with Gasteiger partial charge in [-0.3, -0.25) is 4.79 Å². The summed E-state index contributed by atoms with van der Waals surface area (Å²) in [7, 11) is 0.